The Hall–Kier alpha value is -2.07. The molecule has 3 aliphatic rings. The predicted molar refractivity (Wildman–Crippen MR) is 117 cm³/mol. The molecular formula is C22H29N3O5S. The normalized spacial score (nSPS) is 23.5. The topological polar surface area (TPSA) is 89.1 Å². The molecule has 0 bridgehead atoms. The summed E-state index contributed by atoms with van der Waals surface area (Å²) in [5, 5.41) is 5.75. The number of nitrogens with zero attached hydrogens (tertiary/aromatic N) is 1. The van der Waals surface area contributed by atoms with Crippen molar-refractivity contribution in [2.24, 2.45) is 0 Å². The average molecular weight is 448 g/mol. The van der Waals surface area contributed by atoms with Gasteiger partial charge in [-0.05, 0) is 30.9 Å². The third-order valence-corrected chi connectivity index (χ3v) is 6.65. The molecule has 3 heterocycles. The smallest absolute Gasteiger partial charge is 0.338 e. The third-order valence-electron chi connectivity index (χ3n) is 5.91. The van der Waals surface area contributed by atoms with E-state index in [1.54, 1.807) is 18.7 Å². The summed E-state index contributed by atoms with van der Waals surface area (Å²) in [6.45, 7) is 5.29. The van der Waals surface area contributed by atoms with E-state index in [9.17, 15) is 9.59 Å². The first-order chi connectivity index (χ1) is 15.0. The molecule has 0 aliphatic carbocycles. The highest BCUT2D eigenvalue weighted by Gasteiger charge is 2.41. The van der Waals surface area contributed by atoms with E-state index in [2.05, 4.69) is 15.5 Å². The fourth-order valence-electron chi connectivity index (χ4n) is 4.30. The number of ether oxygens (including phenoxy) is 3. The molecule has 1 atom stereocenters. The standard InChI is InChI=1S/C22H29N3O5S/c1-3-28-20(26)18-17(14-25-10-8-22(9-11-25)29-12-13-30-22)23-21(27)24-19(18)15-4-6-16(31-2)7-5-15/h4-7,19H,3,8-14H2,1-2H3,(H2,23,24,27). The Morgan fingerprint density at radius 1 is 1.23 bits per heavy atom. The van der Waals surface area contributed by atoms with Gasteiger partial charge in [0.25, 0.3) is 0 Å². The zero-order valence-corrected chi connectivity index (χ0v) is 18.8. The number of hydrogen-bond acceptors (Lipinski definition) is 7. The van der Waals surface area contributed by atoms with Crippen LogP contribution in [0.15, 0.2) is 40.4 Å². The van der Waals surface area contributed by atoms with Crippen LogP contribution < -0.4 is 10.6 Å². The number of carbonyl (C=O) groups excluding carboxylic acids is 2. The maximum atomic E-state index is 12.9. The molecule has 1 aromatic rings. The predicted octanol–water partition coefficient (Wildman–Crippen LogP) is 2.42. The molecule has 2 saturated heterocycles. The minimum absolute atomic E-state index is 0.266. The van der Waals surface area contributed by atoms with E-state index in [1.165, 1.54) is 0 Å². The van der Waals surface area contributed by atoms with Crippen LogP contribution in [0.5, 0.6) is 0 Å². The summed E-state index contributed by atoms with van der Waals surface area (Å²) in [4.78, 5) is 28.7. The average Bonchev–Trinajstić information content (AvgIpc) is 3.23. The molecule has 2 amide bonds. The Balaban J connectivity index is 1.59. The van der Waals surface area contributed by atoms with Crippen LogP contribution in [0.2, 0.25) is 0 Å². The third kappa shape index (κ3) is 4.90. The number of likely N-dealkylation sites (tertiary alicyclic amines) is 1. The lowest BCUT2D eigenvalue weighted by Gasteiger charge is -2.39. The summed E-state index contributed by atoms with van der Waals surface area (Å²) < 4.78 is 17.0. The molecule has 8 nitrogen and oxygen atoms in total. The van der Waals surface area contributed by atoms with Gasteiger partial charge in [0.2, 0.25) is 0 Å². The number of benzene rings is 1. The Morgan fingerprint density at radius 3 is 2.52 bits per heavy atom. The molecule has 2 fully saturated rings. The van der Waals surface area contributed by atoms with Crippen molar-refractivity contribution in [2.75, 3.05) is 45.7 Å². The van der Waals surface area contributed by atoms with Crippen molar-refractivity contribution in [3.05, 3.63) is 41.1 Å². The van der Waals surface area contributed by atoms with Crippen LogP contribution >= 0.6 is 11.8 Å². The second-order valence-electron chi connectivity index (χ2n) is 7.80. The van der Waals surface area contributed by atoms with Crippen LogP contribution in [0.3, 0.4) is 0 Å². The van der Waals surface area contributed by atoms with Crippen molar-refractivity contribution in [1.82, 2.24) is 15.5 Å². The molecule has 31 heavy (non-hydrogen) atoms. The summed E-state index contributed by atoms with van der Waals surface area (Å²) in [6, 6.07) is 6.98. The first kappa shape index (κ1) is 22.1. The zero-order chi connectivity index (χ0) is 21.8. The van der Waals surface area contributed by atoms with Crippen molar-refractivity contribution in [1.29, 1.82) is 0 Å². The lowest BCUT2D eigenvalue weighted by atomic mass is 9.94. The number of hydrogen-bond donors (Lipinski definition) is 2. The first-order valence-corrected chi connectivity index (χ1v) is 11.9. The highest BCUT2D eigenvalue weighted by molar-refractivity contribution is 7.98. The Labute approximate surface area is 186 Å². The lowest BCUT2D eigenvalue weighted by Crippen LogP contribution is -2.51. The zero-order valence-electron chi connectivity index (χ0n) is 17.9. The fourth-order valence-corrected chi connectivity index (χ4v) is 4.71. The van der Waals surface area contributed by atoms with Gasteiger partial charge < -0.3 is 24.8 Å². The summed E-state index contributed by atoms with van der Waals surface area (Å²) in [7, 11) is 0. The van der Waals surface area contributed by atoms with Gasteiger partial charge in [-0.15, -0.1) is 11.8 Å². The Bertz CT molecular complexity index is 841. The number of nitrogens with one attached hydrogen (secondary N) is 2. The van der Waals surface area contributed by atoms with Crippen LogP contribution in [0, 0.1) is 0 Å². The van der Waals surface area contributed by atoms with E-state index in [1.807, 2.05) is 30.5 Å². The van der Waals surface area contributed by atoms with Gasteiger partial charge in [-0.3, -0.25) is 4.90 Å². The monoisotopic (exact) mass is 447 g/mol. The Morgan fingerprint density at radius 2 is 1.90 bits per heavy atom. The van der Waals surface area contributed by atoms with Crippen molar-refractivity contribution in [3.63, 3.8) is 0 Å². The highest BCUT2D eigenvalue weighted by atomic mass is 32.2. The lowest BCUT2D eigenvalue weighted by molar-refractivity contribution is -0.184. The van der Waals surface area contributed by atoms with E-state index in [-0.39, 0.29) is 12.6 Å². The molecule has 0 aromatic heterocycles. The summed E-state index contributed by atoms with van der Waals surface area (Å²) in [5.74, 6) is -0.881. The van der Waals surface area contributed by atoms with Crippen molar-refractivity contribution in [3.8, 4) is 0 Å². The van der Waals surface area contributed by atoms with Gasteiger partial charge in [0.15, 0.2) is 5.79 Å². The van der Waals surface area contributed by atoms with Gasteiger partial charge >= 0.3 is 12.0 Å². The van der Waals surface area contributed by atoms with Crippen LogP contribution in [-0.4, -0.2) is 68.4 Å². The number of thioether (sulfide) groups is 1. The first-order valence-electron chi connectivity index (χ1n) is 10.7. The summed E-state index contributed by atoms with van der Waals surface area (Å²) in [6.07, 6.45) is 3.54. The molecule has 4 rings (SSSR count). The van der Waals surface area contributed by atoms with Crippen molar-refractivity contribution >= 4 is 23.8 Å². The van der Waals surface area contributed by atoms with Gasteiger partial charge in [0, 0.05) is 43.1 Å². The van der Waals surface area contributed by atoms with Gasteiger partial charge in [-0.1, -0.05) is 12.1 Å². The van der Waals surface area contributed by atoms with Crippen LogP contribution in [0.4, 0.5) is 4.79 Å². The molecule has 1 spiro atoms. The van der Waals surface area contributed by atoms with Crippen LogP contribution in [-0.2, 0) is 19.0 Å². The van der Waals surface area contributed by atoms with Gasteiger partial charge in [-0.2, -0.15) is 0 Å². The molecule has 1 unspecified atom stereocenters. The molecule has 2 N–H and O–H groups in total. The van der Waals surface area contributed by atoms with Gasteiger partial charge in [0.05, 0.1) is 31.4 Å². The Kier molecular flexibility index (Phi) is 6.86. The maximum Gasteiger partial charge on any atom is 0.338 e. The number of rotatable bonds is 6. The number of urea groups is 1. The van der Waals surface area contributed by atoms with Gasteiger partial charge in [0.1, 0.15) is 0 Å². The van der Waals surface area contributed by atoms with Crippen LogP contribution in [0.1, 0.15) is 31.4 Å². The van der Waals surface area contributed by atoms with Crippen LogP contribution in [0.25, 0.3) is 0 Å². The molecular weight excluding hydrogens is 418 g/mol. The minimum Gasteiger partial charge on any atom is -0.463 e. The van der Waals surface area contributed by atoms with E-state index in [4.69, 9.17) is 14.2 Å². The molecule has 0 radical (unpaired) electrons. The number of piperidine rings is 1. The van der Waals surface area contributed by atoms with E-state index in [0.717, 1.165) is 36.4 Å². The largest absolute Gasteiger partial charge is 0.463 e. The fraction of sp³-hybridized carbons (Fsp3) is 0.545. The highest BCUT2D eigenvalue weighted by Crippen LogP contribution is 2.33. The van der Waals surface area contributed by atoms with E-state index < -0.39 is 17.8 Å². The molecule has 0 saturated carbocycles. The molecule has 3 aliphatic heterocycles. The van der Waals surface area contributed by atoms with Crippen molar-refractivity contribution in [2.45, 2.75) is 36.5 Å². The van der Waals surface area contributed by atoms with Gasteiger partial charge in [-0.25, -0.2) is 9.59 Å². The number of amides is 2. The molecule has 9 heteroatoms. The second-order valence-corrected chi connectivity index (χ2v) is 8.68. The second kappa shape index (κ2) is 9.60. The van der Waals surface area contributed by atoms with E-state index >= 15 is 0 Å². The summed E-state index contributed by atoms with van der Waals surface area (Å²) >= 11 is 1.64. The van der Waals surface area contributed by atoms with Crippen molar-refractivity contribution < 1.29 is 23.8 Å². The number of carbonyl (C=O) groups is 2. The van der Waals surface area contributed by atoms with E-state index in [0.29, 0.717) is 31.0 Å². The number of esters is 1. The SMILES string of the molecule is CCOC(=O)C1=C(CN2CCC3(CC2)OCCO3)NC(=O)NC1c1ccc(SC)cc1. The molecule has 1 aromatic carbocycles. The minimum atomic E-state index is -0.559. The summed E-state index contributed by atoms with van der Waals surface area (Å²) in [5.41, 5.74) is 1.89. The maximum absolute atomic E-state index is 12.9. The molecule has 168 valence electrons. The quantitative estimate of drug-likeness (QED) is 0.511.